The lowest BCUT2D eigenvalue weighted by molar-refractivity contribution is 0.681. The fourth-order valence-electron chi connectivity index (χ4n) is 10.6. The summed E-state index contributed by atoms with van der Waals surface area (Å²) in [5, 5.41) is 9.52. The maximum Gasteiger partial charge on any atom is 0.0619 e. The Bertz CT molecular complexity index is 3410. The molecule has 0 bridgehead atoms. The lowest BCUT2D eigenvalue weighted by Gasteiger charge is -2.30. The molecule has 1 nitrogen and oxygen atoms in total. The number of thiophene rings is 1. The zero-order valence-electron chi connectivity index (χ0n) is 32.2. The van der Waals surface area contributed by atoms with E-state index in [9.17, 15) is 0 Å². The second-order valence-corrected chi connectivity index (χ2v) is 18.5. The number of rotatable bonds is 4. The van der Waals surface area contributed by atoms with Gasteiger partial charge in [0.2, 0.25) is 0 Å². The first-order chi connectivity index (χ1) is 29.3. The zero-order valence-corrected chi connectivity index (χ0v) is 33.8. The molecule has 0 fully saturated rings. The first-order valence-corrected chi connectivity index (χ1v) is 22.4. The van der Waals surface area contributed by atoms with E-state index >= 15 is 0 Å². The molecule has 0 saturated heterocycles. The molecule has 8 aromatic carbocycles. The average Bonchev–Trinajstić information content (AvgIpc) is 3.98. The van der Waals surface area contributed by atoms with Gasteiger partial charge in [-0.2, -0.15) is 0 Å². The molecule has 0 N–H and O–H groups in total. The highest BCUT2D eigenvalue weighted by Gasteiger charge is 2.38. The summed E-state index contributed by atoms with van der Waals surface area (Å²) in [6.07, 6.45) is 13.1. The summed E-state index contributed by atoms with van der Waals surface area (Å²) in [6, 6.07) is 61.1. The number of hydrogen-bond donors (Lipinski definition) is 0. The van der Waals surface area contributed by atoms with Gasteiger partial charge in [0.1, 0.15) is 0 Å². The topological polar surface area (TPSA) is 4.93 Å². The Labute approximate surface area is 351 Å². The van der Waals surface area contributed by atoms with E-state index in [2.05, 4.69) is 211 Å². The molecule has 2 aliphatic carbocycles. The first kappa shape index (κ1) is 33.6. The second-order valence-electron chi connectivity index (χ2n) is 16.2. The molecule has 2 aromatic heterocycles. The van der Waals surface area contributed by atoms with Crippen LogP contribution in [-0.2, 0) is 6.42 Å². The minimum absolute atomic E-state index is 0.310. The zero-order chi connectivity index (χ0) is 38.6. The summed E-state index contributed by atoms with van der Waals surface area (Å²) in [4.78, 5) is 1.43. The normalized spacial score (nSPS) is 18.2. The van der Waals surface area contributed by atoms with Crippen LogP contribution in [0.4, 0.5) is 0 Å². The number of fused-ring (bicyclic) bond motifs is 11. The number of nitrogens with zero attached hydrogens (tertiary/aromatic N) is 1. The number of allylic oxidation sites excluding steroid dienone is 4. The van der Waals surface area contributed by atoms with Crippen molar-refractivity contribution in [2.75, 3.05) is 0 Å². The van der Waals surface area contributed by atoms with Gasteiger partial charge in [0, 0.05) is 64.0 Å². The van der Waals surface area contributed by atoms with Crippen LogP contribution in [-0.4, -0.2) is 9.82 Å². The maximum atomic E-state index is 2.61. The third-order valence-electron chi connectivity index (χ3n) is 13.1. The van der Waals surface area contributed by atoms with Crippen molar-refractivity contribution in [3.05, 3.63) is 210 Å². The molecule has 0 amide bonds. The van der Waals surface area contributed by atoms with E-state index in [0.717, 1.165) is 6.42 Å². The van der Waals surface area contributed by atoms with Gasteiger partial charge in [0.15, 0.2) is 0 Å². The largest absolute Gasteiger partial charge is 0.308 e. The van der Waals surface area contributed by atoms with Crippen LogP contribution in [0, 0.1) is 5.92 Å². The summed E-state index contributed by atoms with van der Waals surface area (Å²) >= 11 is 3.97. The van der Waals surface area contributed by atoms with Crippen LogP contribution in [0.2, 0.25) is 0 Å². The Morgan fingerprint density at radius 1 is 0.559 bits per heavy atom. The summed E-state index contributed by atoms with van der Waals surface area (Å²) < 4.78 is 5.31. The molecular weight excluding hydrogens is 751 g/mol. The molecule has 13 rings (SSSR count). The van der Waals surface area contributed by atoms with E-state index in [0.29, 0.717) is 17.1 Å². The van der Waals surface area contributed by atoms with Gasteiger partial charge in [-0.3, -0.25) is 0 Å². The van der Waals surface area contributed by atoms with Crippen LogP contribution < -0.4 is 0 Å². The van der Waals surface area contributed by atoms with Gasteiger partial charge >= 0.3 is 0 Å². The Balaban J connectivity index is 1.06. The van der Waals surface area contributed by atoms with Crippen LogP contribution in [0.3, 0.4) is 0 Å². The minimum Gasteiger partial charge on any atom is -0.308 e. The fourth-order valence-corrected chi connectivity index (χ4v) is 13.3. The minimum atomic E-state index is 0.310. The number of hydrogen-bond acceptors (Lipinski definition) is 2. The Hall–Kier alpha value is -6.39. The Morgan fingerprint density at radius 2 is 1.27 bits per heavy atom. The molecule has 1 aliphatic heterocycles. The number of thioether (sulfide) groups is 1. The van der Waals surface area contributed by atoms with Crippen molar-refractivity contribution in [2.45, 2.75) is 22.5 Å². The van der Waals surface area contributed by atoms with Crippen LogP contribution in [0.5, 0.6) is 0 Å². The third kappa shape index (κ3) is 4.99. The number of aromatic nitrogens is 1. The van der Waals surface area contributed by atoms with E-state index in [-0.39, 0.29) is 0 Å². The highest BCUT2D eigenvalue weighted by atomic mass is 32.2. The van der Waals surface area contributed by atoms with Crippen molar-refractivity contribution < 1.29 is 0 Å². The highest BCUT2D eigenvalue weighted by Crippen LogP contribution is 2.54. The molecular formula is C56H37NS2. The van der Waals surface area contributed by atoms with Crippen molar-refractivity contribution in [2.24, 2.45) is 5.92 Å². The van der Waals surface area contributed by atoms with E-state index in [1.165, 1.54) is 108 Å². The molecule has 3 heterocycles. The molecule has 0 radical (unpaired) electrons. The van der Waals surface area contributed by atoms with Gasteiger partial charge in [-0.25, -0.2) is 0 Å². The fraction of sp³-hybridized carbons (Fsp3) is 0.0714. The van der Waals surface area contributed by atoms with Crippen LogP contribution in [0.15, 0.2) is 199 Å². The smallest absolute Gasteiger partial charge is 0.0619 e. The van der Waals surface area contributed by atoms with Crippen molar-refractivity contribution in [1.82, 2.24) is 4.57 Å². The quantitative estimate of drug-likeness (QED) is 0.161. The molecule has 0 saturated carbocycles. The molecule has 3 heteroatoms. The van der Waals surface area contributed by atoms with Crippen molar-refractivity contribution in [1.29, 1.82) is 0 Å². The van der Waals surface area contributed by atoms with Gasteiger partial charge in [0.05, 0.1) is 11.2 Å². The maximum absolute atomic E-state index is 2.61. The van der Waals surface area contributed by atoms with Gasteiger partial charge in [-0.05, 0) is 86.5 Å². The van der Waals surface area contributed by atoms with Crippen LogP contribution >= 0.6 is 23.1 Å². The molecule has 3 atom stereocenters. The molecule has 0 spiro atoms. The van der Waals surface area contributed by atoms with E-state index in [4.69, 9.17) is 0 Å². The summed E-state index contributed by atoms with van der Waals surface area (Å²) in [5.74, 6) is 0.728. The first-order valence-electron chi connectivity index (χ1n) is 20.7. The Morgan fingerprint density at radius 3 is 2.10 bits per heavy atom. The van der Waals surface area contributed by atoms with Crippen molar-refractivity contribution in [3.63, 3.8) is 0 Å². The molecule has 10 aromatic rings. The van der Waals surface area contributed by atoms with Gasteiger partial charge in [-0.15, -0.1) is 23.1 Å². The number of benzene rings is 8. The van der Waals surface area contributed by atoms with Crippen molar-refractivity contribution >= 4 is 81.8 Å². The second kappa shape index (κ2) is 13.1. The van der Waals surface area contributed by atoms with Gasteiger partial charge < -0.3 is 4.57 Å². The lowest BCUT2D eigenvalue weighted by Crippen LogP contribution is -2.22. The van der Waals surface area contributed by atoms with Crippen molar-refractivity contribution in [3.8, 4) is 27.9 Å². The molecule has 3 aliphatic rings. The standard InChI is InChI=1S/C56H37NS2/c1-2-14-34(15-3-1)53-41-18-4-6-20-43(41)54(44-21-7-5-19-42(44)53)57-49-30-28-35(37-22-12-24-45-39-16-8-10-26-51(39)58-55(37)45)32-47(49)48-33-36(29-31-50(48)57)38-23-13-25-46-40-17-9-11-27-52(40)59-56(38)46/h1-32,36,46,56H,33H2. The predicted molar refractivity (Wildman–Crippen MR) is 254 cm³/mol. The summed E-state index contributed by atoms with van der Waals surface area (Å²) in [6.45, 7) is 0. The predicted octanol–water partition coefficient (Wildman–Crippen LogP) is 15.6. The average molecular weight is 788 g/mol. The van der Waals surface area contributed by atoms with Gasteiger partial charge in [0.25, 0.3) is 0 Å². The van der Waals surface area contributed by atoms with Crippen LogP contribution in [0.25, 0.3) is 86.6 Å². The molecule has 278 valence electrons. The third-order valence-corrected chi connectivity index (χ3v) is 15.8. The van der Waals surface area contributed by atoms with Crippen LogP contribution in [0.1, 0.15) is 22.7 Å². The summed E-state index contributed by atoms with van der Waals surface area (Å²) in [7, 11) is 0. The van der Waals surface area contributed by atoms with E-state index < -0.39 is 0 Å². The molecule has 3 unspecified atom stereocenters. The highest BCUT2D eigenvalue weighted by molar-refractivity contribution is 8.00. The lowest BCUT2D eigenvalue weighted by atomic mass is 9.78. The van der Waals surface area contributed by atoms with E-state index in [1.54, 1.807) is 0 Å². The summed E-state index contributed by atoms with van der Waals surface area (Å²) in [5.41, 5.74) is 13.4. The monoisotopic (exact) mass is 787 g/mol. The van der Waals surface area contributed by atoms with Gasteiger partial charge in [-0.1, -0.05) is 164 Å². The van der Waals surface area contributed by atoms with E-state index in [1.807, 2.05) is 11.3 Å². The molecule has 59 heavy (non-hydrogen) atoms. The Kier molecular flexibility index (Phi) is 7.43. The SMILES string of the molecule is C1=CC2c3ccccc3SC2C(C2C=Cc3c(c4cc(-c5cccc6c5sc5ccccc56)ccc4n3-c3c4ccccc4c(-c4ccccc4)c4ccccc34)C2)=C1.